The molecule has 11 heteroatoms. The predicted molar refractivity (Wildman–Crippen MR) is 120 cm³/mol. The van der Waals surface area contributed by atoms with Gasteiger partial charge < -0.3 is 15.4 Å². The van der Waals surface area contributed by atoms with Gasteiger partial charge in [-0.2, -0.15) is 4.72 Å². The molecular formula is C20H28N4O5S2. The van der Waals surface area contributed by atoms with Crippen LogP contribution in [0.25, 0.3) is 0 Å². The monoisotopic (exact) mass is 468 g/mol. The molecule has 2 rings (SSSR count). The second-order valence-corrected chi connectivity index (χ2v) is 10.7. The first-order valence-corrected chi connectivity index (χ1v) is 11.9. The van der Waals surface area contributed by atoms with Gasteiger partial charge in [-0.15, -0.1) is 11.3 Å². The SMILES string of the molecule is Cc1cc(C)c(S(=O)(=O)NC(CNC(=O)OC(C)(C)C)C(=O)Nc2nccs2)c(C)c1. The molecule has 9 nitrogen and oxygen atoms in total. The number of ether oxygens (including phenoxy) is 1. The number of thiazole rings is 1. The van der Waals surface area contributed by atoms with Crippen molar-refractivity contribution in [1.82, 2.24) is 15.0 Å². The van der Waals surface area contributed by atoms with Crippen LogP contribution in [0.1, 0.15) is 37.5 Å². The second kappa shape index (κ2) is 9.75. The summed E-state index contributed by atoms with van der Waals surface area (Å²) in [5.74, 6) is -0.656. The molecule has 0 saturated heterocycles. The molecule has 1 aromatic carbocycles. The van der Waals surface area contributed by atoms with Gasteiger partial charge in [0.25, 0.3) is 0 Å². The summed E-state index contributed by atoms with van der Waals surface area (Å²) in [4.78, 5) is 28.9. The van der Waals surface area contributed by atoms with E-state index in [1.54, 1.807) is 52.1 Å². The van der Waals surface area contributed by atoms with Gasteiger partial charge in [-0.25, -0.2) is 18.2 Å². The standard InChI is InChI=1S/C20H28N4O5S2/c1-12-9-13(2)16(14(3)10-12)31(27,28)24-15(11-22-19(26)29-20(4,5)6)17(25)23-18-21-7-8-30-18/h7-10,15,24H,11H2,1-6H3,(H,22,26)(H,21,23,25). The van der Waals surface area contributed by atoms with E-state index in [1.165, 1.54) is 17.5 Å². The molecule has 0 aliphatic carbocycles. The zero-order valence-electron chi connectivity index (χ0n) is 18.4. The van der Waals surface area contributed by atoms with E-state index in [2.05, 4.69) is 20.3 Å². The van der Waals surface area contributed by atoms with Gasteiger partial charge in [-0.05, 0) is 52.7 Å². The lowest BCUT2D eigenvalue weighted by Crippen LogP contribution is -2.51. The number of nitrogens with zero attached hydrogens (tertiary/aromatic N) is 1. The highest BCUT2D eigenvalue weighted by atomic mass is 32.2. The van der Waals surface area contributed by atoms with Crippen LogP contribution in [0.4, 0.5) is 9.93 Å². The average molecular weight is 469 g/mol. The number of alkyl carbamates (subject to hydrolysis) is 1. The third kappa shape index (κ3) is 7.30. The van der Waals surface area contributed by atoms with Crippen LogP contribution in [0.5, 0.6) is 0 Å². The number of hydrogen-bond donors (Lipinski definition) is 3. The van der Waals surface area contributed by atoms with Gasteiger partial charge in [0.2, 0.25) is 15.9 Å². The largest absolute Gasteiger partial charge is 0.444 e. The number of nitrogens with one attached hydrogen (secondary N) is 3. The van der Waals surface area contributed by atoms with Crippen molar-refractivity contribution in [2.24, 2.45) is 0 Å². The molecule has 1 atom stereocenters. The Labute approximate surface area is 186 Å². The van der Waals surface area contributed by atoms with Crippen LogP contribution in [-0.2, 0) is 19.6 Å². The van der Waals surface area contributed by atoms with Gasteiger partial charge >= 0.3 is 6.09 Å². The molecule has 3 N–H and O–H groups in total. The summed E-state index contributed by atoms with van der Waals surface area (Å²) in [6.45, 7) is 10.0. The van der Waals surface area contributed by atoms with Crippen LogP contribution in [0.15, 0.2) is 28.6 Å². The van der Waals surface area contributed by atoms with Gasteiger partial charge in [-0.1, -0.05) is 17.7 Å². The number of rotatable bonds is 7. The van der Waals surface area contributed by atoms with Crippen molar-refractivity contribution in [3.8, 4) is 0 Å². The van der Waals surface area contributed by atoms with E-state index >= 15 is 0 Å². The van der Waals surface area contributed by atoms with Crippen molar-refractivity contribution < 1.29 is 22.7 Å². The normalized spacial score (nSPS) is 12.8. The van der Waals surface area contributed by atoms with Crippen LogP contribution in [-0.4, -0.2) is 43.6 Å². The van der Waals surface area contributed by atoms with Gasteiger partial charge in [0.05, 0.1) is 4.90 Å². The Morgan fingerprint density at radius 2 is 1.77 bits per heavy atom. The summed E-state index contributed by atoms with van der Waals surface area (Å²) in [5.41, 5.74) is 1.31. The highest BCUT2D eigenvalue weighted by Gasteiger charge is 2.29. The fourth-order valence-electron chi connectivity index (χ4n) is 3.00. The average Bonchev–Trinajstić information content (AvgIpc) is 3.08. The maximum Gasteiger partial charge on any atom is 0.407 e. The summed E-state index contributed by atoms with van der Waals surface area (Å²) in [6.07, 6.45) is 0.749. The number of carbonyl (C=O) groups excluding carboxylic acids is 2. The zero-order valence-corrected chi connectivity index (χ0v) is 20.0. The Balaban J connectivity index is 2.26. The van der Waals surface area contributed by atoms with Crippen molar-refractivity contribution in [1.29, 1.82) is 0 Å². The van der Waals surface area contributed by atoms with Gasteiger partial charge in [0.15, 0.2) is 5.13 Å². The first-order valence-electron chi connectivity index (χ1n) is 9.56. The summed E-state index contributed by atoms with van der Waals surface area (Å²) in [6, 6.07) is 2.22. The minimum absolute atomic E-state index is 0.0995. The number of hydrogen-bond acceptors (Lipinski definition) is 7. The molecule has 0 aliphatic rings. The molecule has 0 saturated carbocycles. The number of benzene rings is 1. The van der Waals surface area contributed by atoms with Crippen LogP contribution in [0.2, 0.25) is 0 Å². The smallest absolute Gasteiger partial charge is 0.407 e. The maximum atomic E-state index is 13.1. The number of carbonyl (C=O) groups is 2. The molecule has 31 heavy (non-hydrogen) atoms. The van der Waals surface area contributed by atoms with Crippen molar-refractivity contribution in [3.05, 3.63) is 40.4 Å². The quantitative estimate of drug-likeness (QED) is 0.574. The van der Waals surface area contributed by atoms with Gasteiger partial charge in [0.1, 0.15) is 11.6 Å². The lowest BCUT2D eigenvalue weighted by atomic mass is 10.1. The lowest BCUT2D eigenvalue weighted by molar-refractivity contribution is -0.117. The first-order chi connectivity index (χ1) is 14.3. The van der Waals surface area contributed by atoms with Crippen molar-refractivity contribution >= 4 is 38.5 Å². The van der Waals surface area contributed by atoms with E-state index in [0.29, 0.717) is 16.3 Å². The fraction of sp³-hybridized carbons (Fsp3) is 0.450. The van der Waals surface area contributed by atoms with Gasteiger partial charge in [0, 0.05) is 18.1 Å². The third-order valence-corrected chi connectivity index (χ3v) is 6.46. The number of aromatic nitrogens is 1. The molecule has 0 bridgehead atoms. The predicted octanol–water partition coefficient (Wildman–Crippen LogP) is 2.88. The third-order valence-electron chi connectivity index (χ3n) is 4.00. The molecule has 170 valence electrons. The summed E-state index contributed by atoms with van der Waals surface area (Å²) >= 11 is 1.19. The number of anilines is 1. The highest BCUT2D eigenvalue weighted by Crippen LogP contribution is 2.22. The Hall–Kier alpha value is -2.50. The molecule has 0 aliphatic heterocycles. The van der Waals surface area contributed by atoms with E-state index < -0.39 is 33.7 Å². The minimum atomic E-state index is -4.06. The molecule has 1 heterocycles. The molecule has 2 amide bonds. The summed E-state index contributed by atoms with van der Waals surface area (Å²) in [5, 5.41) is 6.99. The summed E-state index contributed by atoms with van der Waals surface area (Å²) in [7, 11) is -4.06. The van der Waals surface area contributed by atoms with E-state index in [-0.39, 0.29) is 11.4 Å². The topological polar surface area (TPSA) is 126 Å². The molecule has 1 aromatic heterocycles. The summed E-state index contributed by atoms with van der Waals surface area (Å²) < 4.78 is 33.8. The number of amides is 2. The second-order valence-electron chi connectivity index (χ2n) is 8.11. The Kier molecular flexibility index (Phi) is 7.79. The van der Waals surface area contributed by atoms with E-state index in [9.17, 15) is 18.0 Å². The van der Waals surface area contributed by atoms with Crippen molar-refractivity contribution in [2.75, 3.05) is 11.9 Å². The van der Waals surface area contributed by atoms with Crippen LogP contribution < -0.4 is 15.4 Å². The minimum Gasteiger partial charge on any atom is -0.444 e. The van der Waals surface area contributed by atoms with Crippen LogP contribution >= 0.6 is 11.3 Å². The molecule has 0 fully saturated rings. The van der Waals surface area contributed by atoms with Crippen LogP contribution in [0, 0.1) is 20.8 Å². The van der Waals surface area contributed by atoms with Gasteiger partial charge in [-0.3, -0.25) is 4.79 Å². The highest BCUT2D eigenvalue weighted by molar-refractivity contribution is 7.89. The molecular weight excluding hydrogens is 440 g/mol. The Bertz CT molecular complexity index is 1020. The number of aryl methyl sites for hydroxylation is 3. The molecule has 0 spiro atoms. The van der Waals surface area contributed by atoms with Crippen molar-refractivity contribution in [2.45, 2.75) is 58.1 Å². The zero-order chi connectivity index (χ0) is 23.4. The van der Waals surface area contributed by atoms with E-state index in [4.69, 9.17) is 4.74 Å². The first kappa shape index (κ1) is 24.8. The maximum absolute atomic E-state index is 13.1. The van der Waals surface area contributed by atoms with Crippen molar-refractivity contribution in [3.63, 3.8) is 0 Å². The van der Waals surface area contributed by atoms with E-state index in [1.807, 2.05) is 6.92 Å². The molecule has 2 aromatic rings. The lowest BCUT2D eigenvalue weighted by Gasteiger charge is -2.22. The van der Waals surface area contributed by atoms with E-state index in [0.717, 1.165) is 5.56 Å². The Morgan fingerprint density at radius 1 is 1.16 bits per heavy atom. The fourth-order valence-corrected chi connectivity index (χ4v) is 5.18. The molecule has 0 radical (unpaired) electrons. The number of sulfonamides is 1. The van der Waals surface area contributed by atoms with Crippen LogP contribution in [0.3, 0.4) is 0 Å². The Morgan fingerprint density at radius 3 is 2.29 bits per heavy atom. The molecule has 1 unspecified atom stereocenters.